The molecule has 24 heavy (non-hydrogen) atoms. The normalized spacial score (nSPS) is 14.5. The molecule has 0 saturated carbocycles. The molecule has 0 bridgehead atoms. The number of aromatic carboxylic acids is 1. The Morgan fingerprint density at radius 2 is 1.96 bits per heavy atom. The number of anilines is 1. The molecule has 1 saturated heterocycles. The van der Waals surface area contributed by atoms with Crippen LogP contribution in [0, 0.1) is 6.92 Å². The predicted molar refractivity (Wildman–Crippen MR) is 98.3 cm³/mol. The number of halogens is 1. The van der Waals surface area contributed by atoms with Gasteiger partial charge < -0.3 is 10.0 Å². The number of rotatable bonds is 4. The molecule has 0 aromatic heterocycles. The summed E-state index contributed by atoms with van der Waals surface area (Å²) in [4.78, 5) is 17.8. The molecule has 1 N–H and O–H groups in total. The van der Waals surface area contributed by atoms with Gasteiger partial charge in [-0.3, -0.25) is 4.99 Å². The van der Waals surface area contributed by atoms with Gasteiger partial charge in [-0.2, -0.15) is 0 Å². The van der Waals surface area contributed by atoms with E-state index in [4.69, 9.17) is 16.7 Å². The summed E-state index contributed by atoms with van der Waals surface area (Å²) in [7, 11) is 0. The van der Waals surface area contributed by atoms with Gasteiger partial charge in [0.2, 0.25) is 0 Å². The van der Waals surface area contributed by atoms with E-state index in [1.165, 1.54) is 30.2 Å². The fraction of sp³-hybridized carbons (Fsp3) is 0.263. The Hall–Kier alpha value is -2.33. The van der Waals surface area contributed by atoms with Crippen LogP contribution in [0.4, 0.5) is 11.4 Å². The van der Waals surface area contributed by atoms with E-state index >= 15 is 0 Å². The first-order valence-corrected chi connectivity index (χ1v) is 8.35. The van der Waals surface area contributed by atoms with Crippen molar-refractivity contribution in [3.8, 4) is 0 Å². The summed E-state index contributed by atoms with van der Waals surface area (Å²) in [5.41, 5.74) is 4.25. The monoisotopic (exact) mass is 342 g/mol. The van der Waals surface area contributed by atoms with Crippen LogP contribution in [0.2, 0.25) is 5.02 Å². The van der Waals surface area contributed by atoms with E-state index in [9.17, 15) is 4.79 Å². The highest BCUT2D eigenvalue weighted by Crippen LogP contribution is 2.26. The Labute approximate surface area is 146 Å². The van der Waals surface area contributed by atoms with Gasteiger partial charge in [0.05, 0.1) is 16.3 Å². The maximum atomic E-state index is 11.0. The molecule has 0 spiro atoms. The first kappa shape index (κ1) is 16.5. The Balaban J connectivity index is 1.78. The van der Waals surface area contributed by atoms with Crippen molar-refractivity contribution < 1.29 is 9.90 Å². The highest BCUT2D eigenvalue weighted by Gasteiger charge is 2.14. The lowest BCUT2D eigenvalue weighted by atomic mass is 10.1. The number of hydrogen-bond acceptors (Lipinski definition) is 3. The summed E-state index contributed by atoms with van der Waals surface area (Å²) < 4.78 is 0. The van der Waals surface area contributed by atoms with E-state index in [-0.39, 0.29) is 10.6 Å². The number of carbonyl (C=O) groups is 1. The summed E-state index contributed by atoms with van der Waals surface area (Å²) in [6.07, 6.45) is 4.29. The average Bonchev–Trinajstić information content (AvgIpc) is 3.07. The Kier molecular flexibility index (Phi) is 4.86. The first-order chi connectivity index (χ1) is 11.5. The Morgan fingerprint density at radius 1 is 1.21 bits per heavy atom. The van der Waals surface area contributed by atoms with Gasteiger partial charge in [0.1, 0.15) is 0 Å². The van der Waals surface area contributed by atoms with Crippen LogP contribution in [-0.2, 0) is 0 Å². The van der Waals surface area contributed by atoms with Crippen molar-refractivity contribution in [2.45, 2.75) is 19.8 Å². The maximum Gasteiger partial charge on any atom is 0.337 e. The first-order valence-electron chi connectivity index (χ1n) is 7.97. The minimum atomic E-state index is -1.04. The second kappa shape index (κ2) is 7.05. The molecular formula is C19H19ClN2O2. The third-order valence-corrected chi connectivity index (χ3v) is 4.53. The highest BCUT2D eigenvalue weighted by molar-refractivity contribution is 6.33. The summed E-state index contributed by atoms with van der Waals surface area (Å²) in [6.45, 7) is 4.37. The van der Waals surface area contributed by atoms with E-state index in [0.29, 0.717) is 5.69 Å². The van der Waals surface area contributed by atoms with Crippen molar-refractivity contribution in [2.24, 2.45) is 4.99 Å². The van der Waals surface area contributed by atoms with Crippen LogP contribution < -0.4 is 4.90 Å². The zero-order chi connectivity index (χ0) is 17.1. The standard InChI is InChI=1S/C19H19ClN2O2/c1-13-10-14(4-7-18(13)22-8-2-3-9-22)12-21-15-5-6-16(19(23)24)17(20)11-15/h4-7,10-12H,2-3,8-9H2,1H3,(H,23,24). The van der Waals surface area contributed by atoms with Crippen molar-refractivity contribution in [1.29, 1.82) is 0 Å². The number of aryl methyl sites for hydroxylation is 1. The second-order valence-electron chi connectivity index (χ2n) is 5.97. The molecule has 5 heteroatoms. The zero-order valence-corrected chi connectivity index (χ0v) is 14.3. The number of carboxylic acids is 1. The van der Waals surface area contributed by atoms with Gasteiger partial charge in [-0.1, -0.05) is 17.7 Å². The fourth-order valence-electron chi connectivity index (χ4n) is 2.98. The summed E-state index contributed by atoms with van der Waals surface area (Å²) in [6, 6.07) is 11.0. The number of aliphatic imine (C=N–C) groups is 1. The highest BCUT2D eigenvalue weighted by atomic mass is 35.5. The van der Waals surface area contributed by atoms with Crippen LogP contribution in [0.5, 0.6) is 0 Å². The topological polar surface area (TPSA) is 52.9 Å². The molecule has 0 radical (unpaired) electrons. The molecule has 2 aromatic rings. The molecular weight excluding hydrogens is 324 g/mol. The quantitative estimate of drug-likeness (QED) is 0.819. The van der Waals surface area contributed by atoms with Crippen molar-refractivity contribution in [3.63, 3.8) is 0 Å². The predicted octanol–water partition coefficient (Wildman–Crippen LogP) is 4.70. The SMILES string of the molecule is Cc1cc(C=Nc2ccc(C(=O)O)c(Cl)c2)ccc1N1CCCC1. The second-order valence-corrected chi connectivity index (χ2v) is 6.37. The third-order valence-electron chi connectivity index (χ3n) is 4.21. The molecule has 0 unspecified atom stereocenters. The minimum absolute atomic E-state index is 0.0847. The lowest BCUT2D eigenvalue weighted by molar-refractivity contribution is 0.0697. The van der Waals surface area contributed by atoms with Crippen molar-refractivity contribution in [1.82, 2.24) is 0 Å². The van der Waals surface area contributed by atoms with Gasteiger partial charge in [-0.05, 0) is 61.2 Å². The van der Waals surface area contributed by atoms with Crippen LogP contribution in [-0.4, -0.2) is 30.4 Å². The van der Waals surface area contributed by atoms with Gasteiger partial charge >= 0.3 is 5.97 Å². The Morgan fingerprint density at radius 3 is 2.58 bits per heavy atom. The van der Waals surface area contributed by atoms with Crippen molar-refractivity contribution in [2.75, 3.05) is 18.0 Å². The number of benzene rings is 2. The zero-order valence-electron chi connectivity index (χ0n) is 13.5. The van der Waals surface area contributed by atoms with Gasteiger partial charge in [-0.25, -0.2) is 4.79 Å². The molecule has 4 nitrogen and oxygen atoms in total. The molecule has 1 aliphatic rings. The third kappa shape index (κ3) is 3.60. The van der Waals surface area contributed by atoms with E-state index < -0.39 is 5.97 Å². The van der Waals surface area contributed by atoms with E-state index in [2.05, 4.69) is 35.0 Å². The van der Waals surface area contributed by atoms with Crippen LogP contribution in [0.15, 0.2) is 41.4 Å². The molecule has 1 fully saturated rings. The average molecular weight is 343 g/mol. The van der Waals surface area contributed by atoms with E-state index in [1.54, 1.807) is 18.3 Å². The van der Waals surface area contributed by atoms with Gasteiger partial charge in [-0.15, -0.1) is 0 Å². The molecule has 2 aromatic carbocycles. The number of nitrogens with zero attached hydrogens (tertiary/aromatic N) is 2. The van der Waals surface area contributed by atoms with Crippen LogP contribution in [0.1, 0.15) is 34.3 Å². The number of hydrogen-bond donors (Lipinski definition) is 1. The fourth-order valence-corrected chi connectivity index (χ4v) is 3.23. The largest absolute Gasteiger partial charge is 0.478 e. The molecule has 1 heterocycles. The summed E-state index contributed by atoms with van der Waals surface area (Å²) in [5.74, 6) is -1.04. The van der Waals surface area contributed by atoms with E-state index in [1.807, 2.05) is 0 Å². The Bertz CT molecular complexity index is 796. The molecule has 0 aliphatic carbocycles. The van der Waals surface area contributed by atoms with Gasteiger partial charge in [0.15, 0.2) is 0 Å². The molecule has 1 aliphatic heterocycles. The van der Waals surface area contributed by atoms with Crippen LogP contribution >= 0.6 is 11.6 Å². The minimum Gasteiger partial charge on any atom is -0.478 e. The van der Waals surface area contributed by atoms with Crippen molar-refractivity contribution in [3.05, 3.63) is 58.1 Å². The lowest BCUT2D eigenvalue weighted by Gasteiger charge is -2.20. The molecule has 0 amide bonds. The molecule has 124 valence electrons. The van der Waals surface area contributed by atoms with E-state index in [0.717, 1.165) is 18.7 Å². The van der Waals surface area contributed by atoms with Crippen molar-refractivity contribution >= 4 is 35.2 Å². The number of carboxylic acid groups (broad SMARTS) is 1. The van der Waals surface area contributed by atoms with Crippen LogP contribution in [0.25, 0.3) is 0 Å². The molecule has 3 rings (SSSR count). The maximum absolute atomic E-state index is 11.0. The summed E-state index contributed by atoms with van der Waals surface area (Å²) >= 11 is 5.96. The smallest absolute Gasteiger partial charge is 0.337 e. The van der Waals surface area contributed by atoms with Crippen LogP contribution in [0.3, 0.4) is 0 Å². The summed E-state index contributed by atoms with van der Waals surface area (Å²) in [5, 5.41) is 9.18. The molecule has 0 atom stereocenters. The lowest BCUT2D eigenvalue weighted by Crippen LogP contribution is -2.18. The van der Waals surface area contributed by atoms with Gasteiger partial charge in [0.25, 0.3) is 0 Å². The van der Waals surface area contributed by atoms with Gasteiger partial charge in [0, 0.05) is 25.0 Å².